The number of nitrogens with zero attached hydrogens (tertiary/aromatic N) is 1. The van der Waals surface area contributed by atoms with Gasteiger partial charge in [-0.1, -0.05) is 48.5 Å². The molecule has 0 spiro atoms. The second-order valence-corrected chi connectivity index (χ2v) is 5.65. The summed E-state index contributed by atoms with van der Waals surface area (Å²) < 4.78 is 0.388. The fourth-order valence-corrected chi connectivity index (χ4v) is 2.91. The zero-order chi connectivity index (χ0) is 15.8. The van der Waals surface area contributed by atoms with Crippen LogP contribution in [-0.4, -0.2) is 20.8 Å². The van der Waals surface area contributed by atoms with Crippen LogP contribution in [0, 0.1) is 4.77 Å². The second kappa shape index (κ2) is 5.37. The standard InChI is InChI=1S/C18H13N3OS/c22-17-15(20-18(23)21-17)10-13-12-8-4-5-9-14(12)19-16(13)11-6-2-1-3-7-11/h1-10,22H,(H2,20,21,23)/b13-10+. The predicted molar refractivity (Wildman–Crippen MR) is 94.6 cm³/mol. The van der Waals surface area contributed by atoms with Crippen LogP contribution in [0.1, 0.15) is 16.8 Å². The molecule has 4 rings (SSSR count). The van der Waals surface area contributed by atoms with E-state index in [0.29, 0.717) is 10.5 Å². The van der Waals surface area contributed by atoms with Gasteiger partial charge < -0.3 is 15.1 Å². The summed E-state index contributed by atoms with van der Waals surface area (Å²) in [6.07, 6.45) is 1.87. The van der Waals surface area contributed by atoms with Gasteiger partial charge in [-0.2, -0.15) is 0 Å². The van der Waals surface area contributed by atoms with Crippen LogP contribution in [0.5, 0.6) is 5.88 Å². The van der Waals surface area contributed by atoms with E-state index in [-0.39, 0.29) is 5.88 Å². The Morgan fingerprint density at radius 2 is 1.70 bits per heavy atom. The highest BCUT2D eigenvalue weighted by Crippen LogP contribution is 2.38. The molecule has 3 N–H and O–H groups in total. The number of aromatic hydroxyl groups is 1. The number of benzene rings is 2. The van der Waals surface area contributed by atoms with Crippen LogP contribution in [0.2, 0.25) is 0 Å². The Bertz CT molecular complexity index is 996. The summed E-state index contributed by atoms with van der Waals surface area (Å²) in [7, 11) is 0. The molecule has 0 radical (unpaired) electrons. The van der Waals surface area contributed by atoms with Crippen LogP contribution in [-0.2, 0) is 0 Å². The van der Waals surface area contributed by atoms with E-state index in [9.17, 15) is 5.11 Å². The molecule has 0 saturated carbocycles. The Hall–Kier alpha value is -2.92. The molecular weight excluding hydrogens is 306 g/mol. The number of aliphatic imine (C=N–C) groups is 1. The third kappa shape index (κ3) is 2.41. The molecule has 0 fully saturated rings. The van der Waals surface area contributed by atoms with Crippen molar-refractivity contribution in [1.82, 2.24) is 9.97 Å². The van der Waals surface area contributed by atoms with E-state index in [1.165, 1.54) is 0 Å². The molecule has 1 aromatic heterocycles. The number of aromatic amines is 2. The van der Waals surface area contributed by atoms with Gasteiger partial charge in [0.1, 0.15) is 5.69 Å². The Morgan fingerprint density at radius 3 is 2.43 bits per heavy atom. The molecule has 2 heterocycles. The summed E-state index contributed by atoms with van der Waals surface area (Å²) in [6, 6.07) is 18.0. The van der Waals surface area contributed by atoms with E-state index in [0.717, 1.165) is 28.1 Å². The first-order valence-corrected chi connectivity index (χ1v) is 7.60. The normalized spacial score (nSPS) is 14.8. The summed E-state index contributed by atoms with van der Waals surface area (Å²) in [5.41, 5.74) is 5.37. The first kappa shape index (κ1) is 13.7. The molecule has 4 nitrogen and oxygen atoms in total. The monoisotopic (exact) mass is 319 g/mol. The summed E-state index contributed by atoms with van der Waals surface area (Å²) in [5.74, 6) is 0.0271. The summed E-state index contributed by atoms with van der Waals surface area (Å²) in [4.78, 5) is 10.4. The van der Waals surface area contributed by atoms with E-state index in [4.69, 9.17) is 17.2 Å². The lowest BCUT2D eigenvalue weighted by molar-refractivity contribution is 0.455. The van der Waals surface area contributed by atoms with Gasteiger partial charge in [0.05, 0.1) is 11.4 Å². The highest BCUT2D eigenvalue weighted by Gasteiger charge is 2.22. The molecule has 0 atom stereocenters. The zero-order valence-corrected chi connectivity index (χ0v) is 12.9. The summed E-state index contributed by atoms with van der Waals surface area (Å²) in [5, 5.41) is 9.96. The highest BCUT2D eigenvalue weighted by molar-refractivity contribution is 7.71. The van der Waals surface area contributed by atoms with Crippen molar-refractivity contribution in [2.45, 2.75) is 0 Å². The van der Waals surface area contributed by atoms with Crippen LogP contribution in [0.15, 0.2) is 59.6 Å². The van der Waals surface area contributed by atoms with Crippen molar-refractivity contribution >= 4 is 35.3 Å². The minimum atomic E-state index is 0.0271. The van der Waals surface area contributed by atoms with Gasteiger partial charge in [-0.3, -0.25) is 0 Å². The quantitative estimate of drug-likeness (QED) is 0.611. The molecular formula is C18H13N3OS. The number of hydrogen-bond donors (Lipinski definition) is 3. The van der Waals surface area contributed by atoms with E-state index in [1.807, 2.05) is 60.7 Å². The largest absolute Gasteiger partial charge is 0.493 e. The number of hydrogen-bond acceptors (Lipinski definition) is 3. The van der Waals surface area contributed by atoms with Crippen molar-refractivity contribution in [3.05, 3.63) is 76.2 Å². The molecule has 2 aromatic carbocycles. The fourth-order valence-electron chi connectivity index (χ4n) is 2.71. The van der Waals surface area contributed by atoms with Crippen LogP contribution >= 0.6 is 12.2 Å². The molecule has 0 saturated heterocycles. The van der Waals surface area contributed by atoms with Crippen LogP contribution in [0.25, 0.3) is 11.6 Å². The molecule has 0 unspecified atom stereocenters. The van der Waals surface area contributed by atoms with Gasteiger partial charge >= 0.3 is 0 Å². The molecule has 0 aliphatic carbocycles. The first-order chi connectivity index (χ1) is 11.2. The SMILES string of the molecule is Oc1[nH]c(=S)[nH]c1/C=C1/C(c2ccccc2)=Nc2ccccc21. The summed E-state index contributed by atoms with van der Waals surface area (Å²) in [6.45, 7) is 0. The van der Waals surface area contributed by atoms with Crippen molar-refractivity contribution in [2.24, 2.45) is 4.99 Å². The molecule has 1 aliphatic rings. The van der Waals surface area contributed by atoms with E-state index < -0.39 is 0 Å². The maximum Gasteiger partial charge on any atom is 0.215 e. The van der Waals surface area contributed by atoms with Gasteiger partial charge in [0.15, 0.2) is 4.77 Å². The molecule has 5 heteroatoms. The first-order valence-electron chi connectivity index (χ1n) is 7.19. The van der Waals surface area contributed by atoms with E-state index in [1.54, 1.807) is 0 Å². The van der Waals surface area contributed by atoms with Crippen molar-refractivity contribution in [3.63, 3.8) is 0 Å². The molecule has 1 aliphatic heterocycles. The van der Waals surface area contributed by atoms with E-state index in [2.05, 4.69) is 9.97 Å². The van der Waals surface area contributed by atoms with Crippen LogP contribution in [0.3, 0.4) is 0 Å². The Morgan fingerprint density at radius 1 is 0.957 bits per heavy atom. The lowest BCUT2D eigenvalue weighted by Gasteiger charge is -2.05. The van der Waals surface area contributed by atoms with Gasteiger partial charge in [-0.05, 0) is 24.4 Å². The van der Waals surface area contributed by atoms with Crippen molar-refractivity contribution in [2.75, 3.05) is 0 Å². The topological polar surface area (TPSA) is 64.2 Å². The number of allylic oxidation sites excluding steroid dienone is 1. The third-order valence-electron chi connectivity index (χ3n) is 3.75. The number of para-hydroxylation sites is 1. The Balaban J connectivity index is 1.92. The van der Waals surface area contributed by atoms with Gasteiger partial charge in [0, 0.05) is 16.7 Å². The fraction of sp³-hybridized carbons (Fsp3) is 0. The van der Waals surface area contributed by atoms with Gasteiger partial charge in [0.2, 0.25) is 5.88 Å². The molecule has 0 bridgehead atoms. The van der Waals surface area contributed by atoms with Gasteiger partial charge in [0.25, 0.3) is 0 Å². The van der Waals surface area contributed by atoms with E-state index >= 15 is 0 Å². The Kier molecular flexibility index (Phi) is 3.20. The van der Waals surface area contributed by atoms with Crippen molar-refractivity contribution in [3.8, 4) is 5.88 Å². The van der Waals surface area contributed by atoms with Gasteiger partial charge in [-0.15, -0.1) is 0 Å². The average molecular weight is 319 g/mol. The predicted octanol–water partition coefficient (Wildman–Crippen LogP) is 4.45. The minimum absolute atomic E-state index is 0.0271. The number of nitrogens with one attached hydrogen (secondary N) is 2. The maximum atomic E-state index is 9.96. The Labute approximate surface area is 137 Å². The molecule has 3 aromatic rings. The number of rotatable bonds is 2. The highest BCUT2D eigenvalue weighted by atomic mass is 32.1. The number of H-pyrrole nitrogens is 2. The number of fused-ring (bicyclic) bond motifs is 1. The zero-order valence-electron chi connectivity index (χ0n) is 12.1. The van der Waals surface area contributed by atoms with Gasteiger partial charge in [-0.25, -0.2) is 4.99 Å². The molecule has 112 valence electrons. The number of imidazole rings is 1. The number of aromatic nitrogens is 2. The lowest BCUT2D eigenvalue weighted by atomic mass is 9.97. The van der Waals surface area contributed by atoms with Crippen molar-refractivity contribution in [1.29, 1.82) is 0 Å². The maximum absolute atomic E-state index is 9.96. The second-order valence-electron chi connectivity index (χ2n) is 5.24. The summed E-state index contributed by atoms with van der Waals surface area (Å²) >= 11 is 5.03. The van der Waals surface area contributed by atoms with Crippen LogP contribution in [0.4, 0.5) is 5.69 Å². The smallest absolute Gasteiger partial charge is 0.215 e. The lowest BCUT2D eigenvalue weighted by Crippen LogP contribution is -1.99. The minimum Gasteiger partial charge on any atom is -0.493 e. The average Bonchev–Trinajstić information content (AvgIpc) is 3.09. The molecule has 0 amide bonds. The van der Waals surface area contributed by atoms with Crippen LogP contribution < -0.4 is 0 Å². The third-order valence-corrected chi connectivity index (χ3v) is 3.96. The van der Waals surface area contributed by atoms with Crippen molar-refractivity contribution < 1.29 is 5.11 Å². The molecule has 23 heavy (non-hydrogen) atoms.